The van der Waals surface area contributed by atoms with Gasteiger partial charge < -0.3 is 28.9 Å². The van der Waals surface area contributed by atoms with Gasteiger partial charge in [-0.15, -0.1) is 0 Å². The first-order valence-electron chi connectivity index (χ1n) is 11.4. The lowest BCUT2D eigenvalue weighted by Gasteiger charge is -2.17. The van der Waals surface area contributed by atoms with Crippen molar-refractivity contribution in [3.05, 3.63) is 72.4 Å². The predicted octanol–water partition coefficient (Wildman–Crippen LogP) is 2.93. The van der Waals surface area contributed by atoms with Crippen molar-refractivity contribution in [3.63, 3.8) is 0 Å². The third-order valence-electron chi connectivity index (χ3n) is 6.73. The molecule has 6 rings (SSSR count). The minimum absolute atomic E-state index is 0. The van der Waals surface area contributed by atoms with Crippen molar-refractivity contribution < 1.29 is 28.4 Å². The van der Waals surface area contributed by atoms with Crippen LogP contribution in [0.2, 0.25) is 0 Å². The lowest BCUT2D eigenvalue weighted by atomic mass is 10.1. The molecule has 4 heteroatoms. The molecule has 1 fully saturated rings. The van der Waals surface area contributed by atoms with Crippen molar-refractivity contribution in [2.45, 2.75) is 39.0 Å². The van der Waals surface area contributed by atoms with Crippen LogP contribution in [-0.4, -0.2) is 17.5 Å². The first-order valence-corrected chi connectivity index (χ1v) is 11.4. The van der Waals surface area contributed by atoms with E-state index in [0.717, 1.165) is 6.42 Å². The van der Waals surface area contributed by atoms with Gasteiger partial charge in [0.2, 0.25) is 0 Å². The van der Waals surface area contributed by atoms with E-state index in [0.29, 0.717) is 0 Å². The molecular weight excluding hydrogens is 493 g/mol. The van der Waals surface area contributed by atoms with Crippen LogP contribution in [0.1, 0.15) is 38.2 Å². The fraction of sp³-hybridized carbons (Fsp3) is 0.296. The summed E-state index contributed by atoms with van der Waals surface area (Å²) in [6, 6.07) is 23.0. The molecule has 5 aromatic rings. The summed E-state index contributed by atoms with van der Waals surface area (Å²) in [5, 5.41) is 2.62. The van der Waals surface area contributed by atoms with Gasteiger partial charge in [0.05, 0.1) is 0 Å². The Morgan fingerprint density at radius 1 is 0.871 bits per heavy atom. The van der Waals surface area contributed by atoms with E-state index >= 15 is 0 Å². The van der Waals surface area contributed by atoms with Crippen LogP contribution in [0.25, 0.3) is 33.0 Å². The van der Waals surface area contributed by atoms with Gasteiger partial charge in [-0.05, 0) is 79.8 Å². The Kier molecular flexibility index (Phi) is 5.51. The second-order valence-electron chi connectivity index (χ2n) is 8.72. The number of imidazole rings is 1. The molecule has 0 saturated carbocycles. The maximum atomic E-state index is 2.51. The fourth-order valence-corrected chi connectivity index (χ4v) is 5.11. The number of fused-ring (bicyclic) bond motifs is 7. The van der Waals surface area contributed by atoms with E-state index in [1.165, 1.54) is 83.0 Å². The lowest BCUT2D eigenvalue weighted by Crippen LogP contribution is -3.00. The molecule has 31 heavy (non-hydrogen) atoms. The monoisotopic (exact) mass is 521 g/mol. The van der Waals surface area contributed by atoms with Crippen LogP contribution in [0.4, 0.5) is 5.69 Å². The second-order valence-corrected chi connectivity index (χ2v) is 8.72. The normalized spacial score (nSPS) is 14.2. The van der Waals surface area contributed by atoms with E-state index in [4.69, 9.17) is 0 Å². The van der Waals surface area contributed by atoms with Crippen LogP contribution < -0.4 is 33.3 Å². The second kappa shape index (κ2) is 8.30. The Morgan fingerprint density at radius 3 is 2.55 bits per heavy atom. The molecule has 4 heterocycles. The molecule has 3 nitrogen and oxygen atoms in total. The molecule has 0 bridgehead atoms. The zero-order valence-corrected chi connectivity index (χ0v) is 20.2. The third-order valence-corrected chi connectivity index (χ3v) is 6.73. The number of halogens is 1. The molecule has 1 saturated heterocycles. The van der Waals surface area contributed by atoms with Crippen molar-refractivity contribution >= 4 is 38.7 Å². The Balaban J connectivity index is 0.00000204. The topological polar surface area (TPSA) is 11.8 Å². The molecule has 0 aliphatic carbocycles. The van der Waals surface area contributed by atoms with E-state index < -0.39 is 0 Å². The fourth-order valence-electron chi connectivity index (χ4n) is 5.11. The minimum atomic E-state index is 0. The van der Waals surface area contributed by atoms with Gasteiger partial charge in [0.25, 0.3) is 5.65 Å². The molecule has 0 unspecified atom stereocenters. The van der Waals surface area contributed by atoms with Gasteiger partial charge in [0.15, 0.2) is 5.52 Å². The van der Waals surface area contributed by atoms with Crippen molar-refractivity contribution in [2.24, 2.45) is 0 Å². The number of anilines is 1. The highest BCUT2D eigenvalue weighted by Crippen LogP contribution is 2.27. The average Bonchev–Trinajstić information content (AvgIpc) is 3.45. The minimum Gasteiger partial charge on any atom is -1.00 e. The van der Waals surface area contributed by atoms with Crippen LogP contribution in [0, 0.1) is 0 Å². The Hall–Kier alpha value is -2.34. The van der Waals surface area contributed by atoms with E-state index in [9.17, 15) is 0 Å². The van der Waals surface area contributed by atoms with Gasteiger partial charge in [-0.1, -0.05) is 19.4 Å². The van der Waals surface area contributed by atoms with Crippen LogP contribution in [0.3, 0.4) is 0 Å². The number of unbranched alkanes of at least 4 members (excludes halogenated alkanes) is 1. The van der Waals surface area contributed by atoms with E-state index in [2.05, 4.69) is 87.5 Å². The zero-order valence-electron chi connectivity index (χ0n) is 18.0. The Bertz CT molecular complexity index is 1400. The molecule has 0 atom stereocenters. The van der Waals surface area contributed by atoms with Crippen molar-refractivity contribution in [2.75, 3.05) is 18.0 Å². The van der Waals surface area contributed by atoms with Gasteiger partial charge >= 0.3 is 0 Å². The summed E-state index contributed by atoms with van der Waals surface area (Å²) >= 11 is 0. The smallest absolute Gasteiger partial charge is 0.292 e. The lowest BCUT2D eigenvalue weighted by molar-refractivity contribution is -0.479. The SMILES string of the molecule is CCCCc1ccc2c(ccc3n4c(ccc5cc(N6CCCC6)ccc54)c[n+]23)c1.[I-]. The summed E-state index contributed by atoms with van der Waals surface area (Å²) in [5.41, 5.74) is 7.80. The van der Waals surface area contributed by atoms with Crippen LogP contribution >= 0.6 is 0 Å². The van der Waals surface area contributed by atoms with Crippen LogP contribution in [0.5, 0.6) is 0 Å². The summed E-state index contributed by atoms with van der Waals surface area (Å²) in [6.07, 6.45) is 8.55. The van der Waals surface area contributed by atoms with Gasteiger partial charge in [0.1, 0.15) is 17.2 Å². The molecule has 0 amide bonds. The number of pyridine rings is 2. The number of rotatable bonds is 4. The first kappa shape index (κ1) is 20.6. The van der Waals surface area contributed by atoms with Crippen LogP contribution in [-0.2, 0) is 6.42 Å². The summed E-state index contributed by atoms with van der Waals surface area (Å²) < 4.78 is 4.75. The van der Waals surface area contributed by atoms with Gasteiger partial charge in [-0.2, -0.15) is 8.80 Å². The largest absolute Gasteiger partial charge is 1.00 e. The number of benzene rings is 2. The number of nitrogens with zero attached hydrogens (tertiary/aromatic N) is 3. The molecular formula is C27H28IN3. The zero-order chi connectivity index (χ0) is 20.1. The molecule has 0 spiro atoms. The van der Waals surface area contributed by atoms with Gasteiger partial charge in [0, 0.05) is 35.6 Å². The van der Waals surface area contributed by atoms with Crippen LogP contribution in [0.15, 0.2) is 66.9 Å². The molecule has 1 aliphatic heterocycles. The Morgan fingerprint density at radius 2 is 1.71 bits per heavy atom. The number of aromatic nitrogens is 2. The summed E-state index contributed by atoms with van der Waals surface area (Å²) in [6.45, 7) is 4.62. The first-order chi connectivity index (χ1) is 14.8. The maximum absolute atomic E-state index is 2.51. The molecule has 3 aromatic heterocycles. The molecule has 158 valence electrons. The van der Waals surface area contributed by atoms with E-state index in [1.54, 1.807) is 0 Å². The quantitative estimate of drug-likeness (QED) is 0.262. The Labute approximate surface area is 200 Å². The van der Waals surface area contributed by atoms with Gasteiger partial charge in [-0.3, -0.25) is 0 Å². The summed E-state index contributed by atoms with van der Waals surface area (Å²) in [7, 11) is 0. The van der Waals surface area contributed by atoms with E-state index in [-0.39, 0.29) is 24.0 Å². The molecule has 0 radical (unpaired) electrons. The van der Waals surface area contributed by atoms with Crippen molar-refractivity contribution in [3.8, 4) is 0 Å². The van der Waals surface area contributed by atoms with Gasteiger partial charge in [-0.25, -0.2) is 0 Å². The average molecular weight is 521 g/mol. The molecule has 2 aromatic carbocycles. The third kappa shape index (κ3) is 3.45. The van der Waals surface area contributed by atoms with Crippen molar-refractivity contribution in [1.82, 2.24) is 4.40 Å². The molecule has 0 N–H and O–H groups in total. The summed E-state index contributed by atoms with van der Waals surface area (Å²) in [4.78, 5) is 2.51. The highest BCUT2D eigenvalue weighted by Gasteiger charge is 2.18. The highest BCUT2D eigenvalue weighted by atomic mass is 127. The molecule has 1 aliphatic rings. The number of hydrogen-bond acceptors (Lipinski definition) is 1. The number of hydrogen-bond donors (Lipinski definition) is 0. The predicted molar refractivity (Wildman–Crippen MR) is 126 cm³/mol. The summed E-state index contributed by atoms with van der Waals surface area (Å²) in [5.74, 6) is 0. The number of aryl methyl sites for hydroxylation is 1. The van der Waals surface area contributed by atoms with Crippen molar-refractivity contribution in [1.29, 1.82) is 0 Å². The maximum Gasteiger partial charge on any atom is 0.292 e. The standard InChI is InChI=1S/C27H28N3.HI/c1-2-3-6-20-7-12-25-21(17-20)9-14-27-29(25)19-24-10-8-22-18-23(28-15-4-5-16-28)11-13-26(22)30(24)27;/h7-14,17-19H,2-6,15-16H2,1H3;1H/q+1;/p-1. The van der Waals surface area contributed by atoms with E-state index in [1.807, 2.05) is 0 Å². The highest BCUT2D eigenvalue weighted by molar-refractivity contribution is 5.88.